The molecule has 5 N–H and O–H groups in total. The third kappa shape index (κ3) is 2.26. The Morgan fingerprint density at radius 2 is 2.18 bits per heavy atom. The predicted molar refractivity (Wildman–Crippen MR) is 67.9 cm³/mol. The van der Waals surface area contributed by atoms with Gasteiger partial charge < -0.3 is 21.4 Å². The van der Waals surface area contributed by atoms with E-state index in [9.17, 15) is 4.79 Å². The number of aromatic nitrogens is 2. The Balaban J connectivity index is 2.16. The van der Waals surface area contributed by atoms with Gasteiger partial charge in [0.25, 0.3) is 5.56 Å². The SMILES string of the molecule is CC1(CN)CCN(c2nc[nH]c(=O)c2N)CC1. The Bertz CT molecular complexity index is 447. The van der Waals surface area contributed by atoms with Crippen molar-refractivity contribution >= 4 is 11.5 Å². The normalized spacial score (nSPS) is 19.3. The molecule has 1 saturated heterocycles. The van der Waals surface area contributed by atoms with E-state index in [0.29, 0.717) is 12.4 Å². The molecule has 0 aliphatic carbocycles. The van der Waals surface area contributed by atoms with Gasteiger partial charge in [-0.25, -0.2) is 4.98 Å². The Morgan fingerprint density at radius 1 is 1.53 bits per heavy atom. The highest BCUT2D eigenvalue weighted by atomic mass is 16.1. The monoisotopic (exact) mass is 237 g/mol. The lowest BCUT2D eigenvalue weighted by Gasteiger charge is -2.39. The van der Waals surface area contributed by atoms with E-state index in [4.69, 9.17) is 11.5 Å². The fourth-order valence-electron chi connectivity index (χ4n) is 2.12. The molecule has 0 spiro atoms. The van der Waals surface area contributed by atoms with Gasteiger partial charge in [0.2, 0.25) is 0 Å². The number of anilines is 2. The first-order valence-corrected chi connectivity index (χ1v) is 5.84. The van der Waals surface area contributed by atoms with Gasteiger partial charge in [0.05, 0.1) is 6.33 Å². The second kappa shape index (κ2) is 4.37. The molecule has 1 aliphatic rings. The van der Waals surface area contributed by atoms with Crippen molar-refractivity contribution in [3.63, 3.8) is 0 Å². The molecule has 2 rings (SSSR count). The van der Waals surface area contributed by atoms with Gasteiger partial charge in [-0.05, 0) is 24.8 Å². The number of nitrogens with two attached hydrogens (primary N) is 2. The summed E-state index contributed by atoms with van der Waals surface area (Å²) in [5.41, 5.74) is 11.6. The fourth-order valence-corrected chi connectivity index (χ4v) is 2.12. The maximum Gasteiger partial charge on any atom is 0.276 e. The second-order valence-corrected chi connectivity index (χ2v) is 4.97. The Labute approximate surface area is 100 Å². The van der Waals surface area contributed by atoms with Crippen molar-refractivity contribution in [1.29, 1.82) is 0 Å². The molecular formula is C11H19N5O. The molecule has 0 saturated carbocycles. The molecule has 94 valence electrons. The van der Waals surface area contributed by atoms with Gasteiger partial charge in [0.15, 0.2) is 5.82 Å². The molecule has 6 nitrogen and oxygen atoms in total. The van der Waals surface area contributed by atoms with Crippen molar-refractivity contribution < 1.29 is 0 Å². The van der Waals surface area contributed by atoms with Crippen LogP contribution in [0.2, 0.25) is 0 Å². The number of piperidine rings is 1. The van der Waals surface area contributed by atoms with Crippen LogP contribution < -0.4 is 21.9 Å². The van der Waals surface area contributed by atoms with E-state index in [-0.39, 0.29) is 16.7 Å². The fraction of sp³-hybridized carbons (Fsp3) is 0.636. The molecule has 1 aliphatic heterocycles. The van der Waals surface area contributed by atoms with Crippen LogP contribution in [0.25, 0.3) is 0 Å². The van der Waals surface area contributed by atoms with E-state index < -0.39 is 0 Å². The molecule has 1 aromatic rings. The number of rotatable bonds is 2. The molecule has 0 aromatic carbocycles. The van der Waals surface area contributed by atoms with E-state index in [1.807, 2.05) is 0 Å². The van der Waals surface area contributed by atoms with Crippen LogP contribution in [0.4, 0.5) is 11.5 Å². The average molecular weight is 237 g/mol. The summed E-state index contributed by atoms with van der Waals surface area (Å²) in [7, 11) is 0. The van der Waals surface area contributed by atoms with E-state index >= 15 is 0 Å². The number of nitrogen functional groups attached to an aromatic ring is 1. The van der Waals surface area contributed by atoms with Gasteiger partial charge >= 0.3 is 0 Å². The van der Waals surface area contributed by atoms with E-state index in [1.54, 1.807) is 0 Å². The molecule has 0 amide bonds. The van der Waals surface area contributed by atoms with E-state index in [2.05, 4.69) is 21.8 Å². The van der Waals surface area contributed by atoms with Gasteiger partial charge in [-0.1, -0.05) is 6.92 Å². The third-order valence-corrected chi connectivity index (χ3v) is 3.63. The van der Waals surface area contributed by atoms with Crippen LogP contribution in [0.5, 0.6) is 0 Å². The number of nitrogens with one attached hydrogen (secondary N) is 1. The lowest BCUT2D eigenvalue weighted by atomic mass is 9.80. The molecule has 0 bridgehead atoms. The zero-order chi connectivity index (χ0) is 12.5. The van der Waals surface area contributed by atoms with Crippen molar-refractivity contribution in [1.82, 2.24) is 9.97 Å². The largest absolute Gasteiger partial charge is 0.391 e. The van der Waals surface area contributed by atoms with Crippen LogP contribution in [-0.2, 0) is 0 Å². The Morgan fingerprint density at radius 3 is 2.76 bits per heavy atom. The summed E-state index contributed by atoms with van der Waals surface area (Å²) in [6.07, 6.45) is 3.39. The zero-order valence-electron chi connectivity index (χ0n) is 10.1. The van der Waals surface area contributed by atoms with Gasteiger partial charge in [-0.15, -0.1) is 0 Å². The average Bonchev–Trinajstić information content (AvgIpc) is 2.34. The number of nitrogens with zero attached hydrogens (tertiary/aromatic N) is 2. The Kier molecular flexibility index (Phi) is 3.06. The van der Waals surface area contributed by atoms with Crippen molar-refractivity contribution in [2.75, 3.05) is 30.3 Å². The first-order valence-electron chi connectivity index (χ1n) is 5.84. The molecule has 1 fully saturated rings. The molecule has 17 heavy (non-hydrogen) atoms. The van der Waals surface area contributed by atoms with Crippen LogP contribution in [-0.4, -0.2) is 29.6 Å². The van der Waals surface area contributed by atoms with Gasteiger partial charge in [0, 0.05) is 13.1 Å². The molecule has 0 unspecified atom stereocenters. The quantitative estimate of drug-likeness (QED) is 0.667. The highest BCUT2D eigenvalue weighted by Gasteiger charge is 2.30. The summed E-state index contributed by atoms with van der Waals surface area (Å²) in [6, 6.07) is 0. The summed E-state index contributed by atoms with van der Waals surface area (Å²) in [5, 5.41) is 0. The summed E-state index contributed by atoms with van der Waals surface area (Å²) in [6.45, 7) is 4.57. The third-order valence-electron chi connectivity index (χ3n) is 3.63. The molecule has 2 heterocycles. The Hall–Kier alpha value is -1.56. The van der Waals surface area contributed by atoms with Crippen LogP contribution in [0, 0.1) is 5.41 Å². The van der Waals surface area contributed by atoms with Crippen LogP contribution >= 0.6 is 0 Å². The first kappa shape index (κ1) is 11.9. The summed E-state index contributed by atoms with van der Waals surface area (Å²) >= 11 is 0. The second-order valence-electron chi connectivity index (χ2n) is 4.97. The van der Waals surface area contributed by atoms with Gasteiger partial charge in [-0.2, -0.15) is 0 Å². The van der Waals surface area contributed by atoms with Crippen LogP contribution in [0.3, 0.4) is 0 Å². The summed E-state index contributed by atoms with van der Waals surface area (Å²) in [5.74, 6) is 0.591. The highest BCUT2D eigenvalue weighted by Crippen LogP contribution is 2.31. The first-order chi connectivity index (χ1) is 8.06. The standard InChI is InChI=1S/C11H19N5O/c1-11(6-12)2-4-16(5-3-11)9-8(13)10(17)15-7-14-9/h7H,2-6,12-13H2,1H3,(H,14,15,17). The minimum Gasteiger partial charge on any atom is -0.391 e. The summed E-state index contributed by atoms with van der Waals surface area (Å²) < 4.78 is 0. The van der Waals surface area contributed by atoms with E-state index in [1.165, 1.54) is 6.33 Å². The van der Waals surface area contributed by atoms with Crippen molar-refractivity contribution in [2.24, 2.45) is 11.1 Å². The van der Waals surface area contributed by atoms with E-state index in [0.717, 1.165) is 25.9 Å². The molecule has 1 aromatic heterocycles. The topological polar surface area (TPSA) is 101 Å². The van der Waals surface area contributed by atoms with Crippen LogP contribution in [0.15, 0.2) is 11.1 Å². The predicted octanol–water partition coefficient (Wildman–Crippen LogP) is -0.0827. The minimum absolute atomic E-state index is 0.198. The van der Waals surface area contributed by atoms with Crippen molar-refractivity contribution in [3.8, 4) is 0 Å². The molecule has 0 atom stereocenters. The van der Waals surface area contributed by atoms with Gasteiger partial charge in [-0.3, -0.25) is 4.79 Å². The number of hydrogen-bond acceptors (Lipinski definition) is 5. The number of aromatic amines is 1. The smallest absolute Gasteiger partial charge is 0.276 e. The highest BCUT2D eigenvalue weighted by molar-refractivity contribution is 5.61. The molecule has 6 heteroatoms. The summed E-state index contributed by atoms with van der Waals surface area (Å²) in [4.78, 5) is 20.1. The lowest BCUT2D eigenvalue weighted by molar-refractivity contribution is 0.258. The minimum atomic E-state index is -0.276. The van der Waals surface area contributed by atoms with Crippen molar-refractivity contribution in [3.05, 3.63) is 16.7 Å². The maximum atomic E-state index is 11.4. The maximum absolute atomic E-state index is 11.4. The molecular weight excluding hydrogens is 218 g/mol. The van der Waals surface area contributed by atoms with Crippen molar-refractivity contribution in [2.45, 2.75) is 19.8 Å². The zero-order valence-corrected chi connectivity index (χ0v) is 10.1. The van der Waals surface area contributed by atoms with Crippen LogP contribution in [0.1, 0.15) is 19.8 Å². The lowest BCUT2D eigenvalue weighted by Crippen LogP contribution is -2.43. The number of H-pyrrole nitrogens is 1. The van der Waals surface area contributed by atoms with Gasteiger partial charge in [0.1, 0.15) is 5.69 Å². The molecule has 0 radical (unpaired) electrons. The number of hydrogen-bond donors (Lipinski definition) is 3.